The molecule has 1 saturated carbocycles. The van der Waals surface area contributed by atoms with E-state index in [0.29, 0.717) is 23.0 Å². The smallest absolute Gasteiger partial charge is 0.243 e. The summed E-state index contributed by atoms with van der Waals surface area (Å²) in [5.41, 5.74) is 0.442. The highest BCUT2D eigenvalue weighted by Gasteiger charge is 2.37. The molecule has 1 aromatic rings. The van der Waals surface area contributed by atoms with Crippen LogP contribution in [0.5, 0.6) is 0 Å². The maximum Gasteiger partial charge on any atom is 0.243 e. The van der Waals surface area contributed by atoms with Crippen LogP contribution < -0.4 is 0 Å². The number of halogens is 1. The number of aliphatic hydroxyl groups excluding tert-OH is 1. The highest BCUT2D eigenvalue weighted by Crippen LogP contribution is 2.33. The van der Waals surface area contributed by atoms with Gasteiger partial charge in [-0.15, -0.1) is 0 Å². The van der Waals surface area contributed by atoms with Gasteiger partial charge < -0.3 is 5.11 Å². The second kappa shape index (κ2) is 6.65. The van der Waals surface area contributed by atoms with Crippen LogP contribution in [0.2, 0.25) is 5.02 Å². The molecule has 0 radical (unpaired) electrons. The van der Waals surface area contributed by atoms with Crippen LogP contribution in [0.25, 0.3) is 0 Å². The minimum atomic E-state index is -3.52. The summed E-state index contributed by atoms with van der Waals surface area (Å²) in [7, 11) is -3.52. The fourth-order valence-electron chi connectivity index (χ4n) is 2.22. The molecular weight excluding hydrogens is 310 g/mol. The van der Waals surface area contributed by atoms with Crippen molar-refractivity contribution in [2.24, 2.45) is 5.92 Å². The van der Waals surface area contributed by atoms with Crippen molar-refractivity contribution in [2.75, 3.05) is 6.54 Å². The van der Waals surface area contributed by atoms with Crippen LogP contribution in [0.1, 0.15) is 38.7 Å². The Bertz CT molecular complexity index is 597. The molecule has 1 aliphatic carbocycles. The molecule has 0 saturated heterocycles. The summed E-state index contributed by atoms with van der Waals surface area (Å²) in [6, 6.07) is 4.65. The van der Waals surface area contributed by atoms with Crippen molar-refractivity contribution >= 4 is 21.6 Å². The first-order chi connectivity index (χ1) is 9.86. The molecule has 2 rings (SSSR count). The summed E-state index contributed by atoms with van der Waals surface area (Å²) >= 11 is 5.94. The molecule has 1 N–H and O–H groups in total. The van der Waals surface area contributed by atoms with Gasteiger partial charge >= 0.3 is 0 Å². The number of sulfonamides is 1. The monoisotopic (exact) mass is 331 g/mol. The lowest BCUT2D eigenvalue weighted by molar-refractivity contribution is 0.281. The SMILES string of the molecule is CC(C)CCN(C1CC1)S(=O)(=O)c1ccc(Cl)c(CO)c1. The zero-order valence-corrected chi connectivity index (χ0v) is 14.0. The van der Waals surface area contributed by atoms with E-state index in [1.165, 1.54) is 18.2 Å². The lowest BCUT2D eigenvalue weighted by atomic mass is 10.1. The van der Waals surface area contributed by atoms with Crippen LogP contribution in [0.15, 0.2) is 23.1 Å². The largest absolute Gasteiger partial charge is 0.392 e. The molecule has 0 amide bonds. The van der Waals surface area contributed by atoms with Crippen LogP contribution in [0.3, 0.4) is 0 Å². The van der Waals surface area contributed by atoms with E-state index >= 15 is 0 Å². The van der Waals surface area contributed by atoms with Gasteiger partial charge in [-0.05, 0) is 48.9 Å². The molecule has 0 atom stereocenters. The Kier molecular flexibility index (Phi) is 5.30. The Labute approximate surface area is 131 Å². The Hall–Kier alpha value is -0.620. The summed E-state index contributed by atoms with van der Waals surface area (Å²) in [5.74, 6) is 0.458. The number of aliphatic hydroxyl groups is 1. The molecule has 0 bridgehead atoms. The Morgan fingerprint density at radius 2 is 2.05 bits per heavy atom. The highest BCUT2D eigenvalue weighted by atomic mass is 35.5. The molecule has 1 aliphatic rings. The van der Waals surface area contributed by atoms with Gasteiger partial charge in [-0.3, -0.25) is 0 Å². The summed E-state index contributed by atoms with van der Waals surface area (Å²) < 4.78 is 27.2. The van der Waals surface area contributed by atoms with E-state index in [1.54, 1.807) is 4.31 Å². The van der Waals surface area contributed by atoms with Crippen LogP contribution in [0.4, 0.5) is 0 Å². The van der Waals surface area contributed by atoms with Crippen LogP contribution >= 0.6 is 11.6 Å². The molecule has 4 nitrogen and oxygen atoms in total. The third kappa shape index (κ3) is 3.97. The van der Waals surface area contributed by atoms with Crippen LogP contribution in [-0.2, 0) is 16.6 Å². The average Bonchev–Trinajstić information content (AvgIpc) is 3.23. The zero-order chi connectivity index (χ0) is 15.6. The molecule has 0 unspecified atom stereocenters. The predicted molar refractivity (Wildman–Crippen MR) is 83.7 cm³/mol. The van der Waals surface area contributed by atoms with Crippen molar-refractivity contribution < 1.29 is 13.5 Å². The third-order valence-corrected chi connectivity index (χ3v) is 5.99. The summed E-state index contributed by atoms with van der Waals surface area (Å²) in [6.45, 7) is 4.45. The van der Waals surface area contributed by atoms with E-state index in [1.807, 2.05) is 0 Å². The van der Waals surface area contributed by atoms with Crippen LogP contribution in [-0.4, -0.2) is 30.4 Å². The standard InChI is InChI=1S/C15H22ClNO3S/c1-11(2)7-8-17(13-3-4-13)21(19,20)14-5-6-15(16)12(9-14)10-18/h5-6,9,11,13,18H,3-4,7-8,10H2,1-2H3. The third-order valence-electron chi connectivity index (χ3n) is 3.68. The van der Waals surface area contributed by atoms with Crippen molar-refractivity contribution in [2.45, 2.75) is 50.7 Å². The van der Waals surface area contributed by atoms with Crippen molar-refractivity contribution in [3.63, 3.8) is 0 Å². The van der Waals surface area contributed by atoms with Crippen molar-refractivity contribution in [3.8, 4) is 0 Å². The fourth-order valence-corrected chi connectivity index (χ4v) is 4.14. The maximum absolute atomic E-state index is 12.8. The van der Waals surface area contributed by atoms with E-state index in [0.717, 1.165) is 19.3 Å². The second-order valence-electron chi connectivity index (χ2n) is 5.94. The van der Waals surface area contributed by atoms with Gasteiger partial charge in [-0.1, -0.05) is 25.4 Å². The lowest BCUT2D eigenvalue weighted by Crippen LogP contribution is -2.34. The Morgan fingerprint density at radius 3 is 2.57 bits per heavy atom. The first-order valence-electron chi connectivity index (χ1n) is 7.27. The number of nitrogens with zero attached hydrogens (tertiary/aromatic N) is 1. The topological polar surface area (TPSA) is 57.6 Å². The normalized spacial score (nSPS) is 15.9. The Morgan fingerprint density at radius 1 is 1.38 bits per heavy atom. The molecule has 118 valence electrons. The molecule has 6 heteroatoms. The number of hydrogen-bond donors (Lipinski definition) is 1. The van der Waals surface area contributed by atoms with Gasteiger partial charge in [0.2, 0.25) is 10.0 Å². The zero-order valence-electron chi connectivity index (χ0n) is 12.4. The fraction of sp³-hybridized carbons (Fsp3) is 0.600. The van der Waals surface area contributed by atoms with Gasteiger partial charge in [0, 0.05) is 17.6 Å². The van der Waals surface area contributed by atoms with E-state index in [4.69, 9.17) is 11.6 Å². The molecule has 0 aromatic heterocycles. The molecule has 21 heavy (non-hydrogen) atoms. The van der Waals surface area contributed by atoms with Gasteiger partial charge in [0.15, 0.2) is 0 Å². The summed E-state index contributed by atoms with van der Waals surface area (Å²) in [6.07, 6.45) is 2.70. The molecular formula is C15H22ClNO3S. The van der Waals surface area contributed by atoms with Gasteiger partial charge in [-0.2, -0.15) is 4.31 Å². The Balaban J connectivity index is 2.29. The second-order valence-corrected chi connectivity index (χ2v) is 8.24. The maximum atomic E-state index is 12.8. The first kappa shape index (κ1) is 16.7. The average molecular weight is 332 g/mol. The van der Waals surface area contributed by atoms with Crippen molar-refractivity contribution in [3.05, 3.63) is 28.8 Å². The molecule has 1 aromatic carbocycles. The van der Waals surface area contributed by atoms with Crippen LogP contribution in [0, 0.1) is 5.92 Å². The number of benzene rings is 1. The summed E-state index contributed by atoms with van der Waals surface area (Å²) in [4.78, 5) is 0.214. The van der Waals surface area contributed by atoms with Gasteiger partial charge in [0.25, 0.3) is 0 Å². The molecule has 1 fully saturated rings. The number of hydrogen-bond acceptors (Lipinski definition) is 3. The predicted octanol–water partition coefficient (Wildman–Crippen LogP) is 3.03. The van der Waals surface area contributed by atoms with Gasteiger partial charge in [0.1, 0.15) is 0 Å². The van der Waals surface area contributed by atoms with E-state index in [-0.39, 0.29) is 17.5 Å². The van der Waals surface area contributed by atoms with Crippen molar-refractivity contribution in [1.82, 2.24) is 4.31 Å². The summed E-state index contributed by atoms with van der Waals surface area (Å²) in [5, 5.41) is 9.64. The molecule has 0 aliphatic heterocycles. The highest BCUT2D eigenvalue weighted by molar-refractivity contribution is 7.89. The minimum absolute atomic E-state index is 0.127. The van der Waals surface area contributed by atoms with E-state index in [9.17, 15) is 13.5 Å². The first-order valence-corrected chi connectivity index (χ1v) is 9.09. The van der Waals surface area contributed by atoms with Crippen molar-refractivity contribution in [1.29, 1.82) is 0 Å². The minimum Gasteiger partial charge on any atom is -0.392 e. The van der Waals surface area contributed by atoms with Gasteiger partial charge in [0.05, 0.1) is 11.5 Å². The quantitative estimate of drug-likeness (QED) is 0.835. The number of rotatable bonds is 7. The molecule has 0 heterocycles. The lowest BCUT2D eigenvalue weighted by Gasteiger charge is -2.23. The van der Waals surface area contributed by atoms with Gasteiger partial charge in [-0.25, -0.2) is 8.42 Å². The van der Waals surface area contributed by atoms with E-state index in [2.05, 4.69) is 13.8 Å². The van der Waals surface area contributed by atoms with E-state index < -0.39 is 10.0 Å². The molecule has 0 spiro atoms.